The van der Waals surface area contributed by atoms with Gasteiger partial charge in [-0.25, -0.2) is 9.18 Å². The van der Waals surface area contributed by atoms with Gasteiger partial charge in [-0.05, 0) is 13.0 Å². The van der Waals surface area contributed by atoms with E-state index in [-0.39, 0.29) is 12.2 Å². The van der Waals surface area contributed by atoms with Crippen molar-refractivity contribution < 1.29 is 18.8 Å². The van der Waals surface area contributed by atoms with E-state index in [2.05, 4.69) is 16.6 Å². The second kappa shape index (κ2) is 5.63. The summed E-state index contributed by atoms with van der Waals surface area (Å²) in [5, 5.41) is 10.6. The lowest BCUT2D eigenvalue weighted by molar-refractivity contribution is -0.384. The van der Waals surface area contributed by atoms with Crippen LogP contribution in [0, 0.1) is 27.8 Å². The van der Waals surface area contributed by atoms with Gasteiger partial charge < -0.3 is 10.5 Å². The highest BCUT2D eigenvalue weighted by atomic mass is 19.1. The molecule has 0 aliphatic rings. The fourth-order valence-corrected chi connectivity index (χ4v) is 1.12. The summed E-state index contributed by atoms with van der Waals surface area (Å²) in [5.41, 5.74) is 4.01. The van der Waals surface area contributed by atoms with Gasteiger partial charge in [0, 0.05) is 17.6 Å². The van der Waals surface area contributed by atoms with Crippen molar-refractivity contribution >= 4 is 17.3 Å². The topological polar surface area (TPSA) is 95.5 Å². The largest absolute Gasteiger partial charge is 0.456 e. The maximum absolute atomic E-state index is 13.3. The van der Waals surface area contributed by atoms with E-state index in [1.165, 1.54) is 0 Å². The molecule has 0 saturated carbocycles. The van der Waals surface area contributed by atoms with E-state index in [1.807, 2.05) is 0 Å². The molecule has 0 radical (unpaired) electrons. The molecule has 0 saturated heterocycles. The molecule has 7 heteroatoms. The average Bonchev–Trinajstić information content (AvgIpc) is 2.30. The molecule has 2 N–H and O–H groups in total. The van der Waals surface area contributed by atoms with Crippen LogP contribution in [0.3, 0.4) is 0 Å². The summed E-state index contributed by atoms with van der Waals surface area (Å²) in [4.78, 5) is 20.7. The number of nitrogen functional groups attached to an aromatic ring is 1. The maximum Gasteiger partial charge on any atom is 0.384 e. The summed E-state index contributed by atoms with van der Waals surface area (Å²) >= 11 is 0. The van der Waals surface area contributed by atoms with Gasteiger partial charge >= 0.3 is 5.97 Å². The Balaban J connectivity index is 3.12. The van der Waals surface area contributed by atoms with Crippen molar-refractivity contribution in [2.24, 2.45) is 0 Å². The predicted octanol–water partition coefficient (Wildman–Crippen LogP) is 1.23. The summed E-state index contributed by atoms with van der Waals surface area (Å²) in [6.07, 6.45) is 0. The van der Waals surface area contributed by atoms with Crippen LogP contribution < -0.4 is 5.73 Å². The average molecular weight is 252 g/mol. The fraction of sp³-hybridized carbons (Fsp3) is 0.182. The van der Waals surface area contributed by atoms with Crippen LogP contribution in [0.1, 0.15) is 12.5 Å². The zero-order chi connectivity index (χ0) is 13.7. The SMILES string of the molecule is CCOC(=O)C#Cc1cc(F)c(N)c([N+](=O)[O-])c1. The molecule has 0 amide bonds. The van der Waals surface area contributed by atoms with Crippen LogP contribution in [0.2, 0.25) is 0 Å². The molecule has 1 rings (SSSR count). The van der Waals surface area contributed by atoms with Gasteiger partial charge in [-0.3, -0.25) is 10.1 Å². The Kier molecular flexibility index (Phi) is 4.21. The first-order valence-corrected chi connectivity index (χ1v) is 4.88. The number of hydrogen-bond acceptors (Lipinski definition) is 5. The van der Waals surface area contributed by atoms with Gasteiger partial charge in [-0.2, -0.15) is 0 Å². The van der Waals surface area contributed by atoms with Gasteiger partial charge in [-0.1, -0.05) is 5.92 Å². The highest BCUT2D eigenvalue weighted by molar-refractivity contribution is 5.89. The predicted molar refractivity (Wildman–Crippen MR) is 61.0 cm³/mol. The molecule has 0 unspecified atom stereocenters. The molecule has 0 aliphatic heterocycles. The number of nitrogens with two attached hydrogens (primary N) is 1. The molecular weight excluding hydrogens is 243 g/mol. The van der Waals surface area contributed by atoms with Gasteiger partial charge in [0.15, 0.2) is 5.82 Å². The number of nitro benzene ring substituents is 1. The summed E-state index contributed by atoms with van der Waals surface area (Å²) in [7, 11) is 0. The summed E-state index contributed by atoms with van der Waals surface area (Å²) in [5.74, 6) is 2.58. The number of esters is 1. The minimum Gasteiger partial charge on any atom is -0.456 e. The van der Waals surface area contributed by atoms with E-state index in [9.17, 15) is 19.3 Å². The molecule has 0 bridgehead atoms. The summed E-state index contributed by atoms with van der Waals surface area (Å²) in [6.45, 7) is 1.76. The Morgan fingerprint density at radius 3 is 2.83 bits per heavy atom. The number of anilines is 1. The van der Waals surface area contributed by atoms with E-state index >= 15 is 0 Å². The Labute approximate surface area is 102 Å². The van der Waals surface area contributed by atoms with E-state index in [1.54, 1.807) is 6.92 Å². The third-order valence-corrected chi connectivity index (χ3v) is 1.89. The minimum absolute atomic E-state index is 0.0264. The Morgan fingerprint density at radius 1 is 1.61 bits per heavy atom. The summed E-state index contributed by atoms with van der Waals surface area (Å²) in [6, 6.07) is 1.90. The highest BCUT2D eigenvalue weighted by Crippen LogP contribution is 2.25. The van der Waals surface area contributed by atoms with E-state index < -0.39 is 28.1 Å². The zero-order valence-corrected chi connectivity index (χ0v) is 9.40. The smallest absolute Gasteiger partial charge is 0.384 e. The molecule has 1 aromatic carbocycles. The molecule has 1 aromatic rings. The summed E-state index contributed by atoms with van der Waals surface area (Å²) < 4.78 is 17.8. The van der Waals surface area contributed by atoms with Crippen LogP contribution in [0.5, 0.6) is 0 Å². The minimum atomic E-state index is -0.961. The van der Waals surface area contributed by atoms with Crippen molar-refractivity contribution in [3.8, 4) is 11.8 Å². The molecule has 0 aliphatic carbocycles. The number of carbonyl (C=O) groups is 1. The second-order valence-electron chi connectivity index (χ2n) is 3.12. The van der Waals surface area contributed by atoms with Gasteiger partial charge in [-0.15, -0.1) is 0 Å². The van der Waals surface area contributed by atoms with Crippen molar-refractivity contribution in [1.82, 2.24) is 0 Å². The van der Waals surface area contributed by atoms with E-state index in [4.69, 9.17) is 5.73 Å². The van der Waals surface area contributed by atoms with Crippen molar-refractivity contribution in [2.45, 2.75) is 6.92 Å². The van der Waals surface area contributed by atoms with Crippen molar-refractivity contribution in [3.05, 3.63) is 33.6 Å². The Hall–Kier alpha value is -2.62. The lowest BCUT2D eigenvalue weighted by Gasteiger charge is -1.99. The molecule has 6 nitrogen and oxygen atoms in total. The molecular formula is C11H9FN2O4. The molecule has 0 heterocycles. The number of ether oxygens (including phenoxy) is 1. The number of hydrogen-bond donors (Lipinski definition) is 1. The number of benzene rings is 1. The van der Waals surface area contributed by atoms with Crippen molar-refractivity contribution in [3.63, 3.8) is 0 Å². The maximum atomic E-state index is 13.3. The number of carbonyl (C=O) groups excluding carboxylic acids is 1. The van der Waals surface area contributed by atoms with Crippen molar-refractivity contribution in [2.75, 3.05) is 12.3 Å². The lowest BCUT2D eigenvalue weighted by Crippen LogP contribution is -2.01. The van der Waals surface area contributed by atoms with Gasteiger partial charge in [0.25, 0.3) is 5.69 Å². The number of nitrogens with zero attached hydrogens (tertiary/aromatic N) is 1. The third kappa shape index (κ3) is 3.18. The molecule has 94 valence electrons. The molecule has 18 heavy (non-hydrogen) atoms. The molecule has 0 spiro atoms. The van der Waals surface area contributed by atoms with Crippen LogP contribution in [0.25, 0.3) is 0 Å². The fourth-order valence-electron chi connectivity index (χ4n) is 1.12. The quantitative estimate of drug-likeness (QED) is 0.281. The number of nitro groups is 1. The number of halogens is 1. The van der Waals surface area contributed by atoms with Crippen LogP contribution in [-0.2, 0) is 9.53 Å². The molecule has 0 fully saturated rings. The highest BCUT2D eigenvalue weighted by Gasteiger charge is 2.16. The van der Waals surface area contributed by atoms with Gasteiger partial charge in [0.05, 0.1) is 11.5 Å². The van der Waals surface area contributed by atoms with Crippen molar-refractivity contribution in [1.29, 1.82) is 0 Å². The molecule has 0 aromatic heterocycles. The third-order valence-electron chi connectivity index (χ3n) is 1.89. The van der Waals surface area contributed by atoms with Crippen LogP contribution in [-0.4, -0.2) is 17.5 Å². The first-order chi connectivity index (χ1) is 8.45. The normalized spacial score (nSPS) is 9.22. The Morgan fingerprint density at radius 2 is 2.28 bits per heavy atom. The number of rotatable bonds is 2. The molecule has 0 atom stereocenters. The standard InChI is InChI=1S/C11H9FN2O4/c1-2-18-10(15)4-3-7-5-8(12)11(13)9(6-7)14(16)17/h5-6H,2,13H2,1H3. The second-order valence-corrected chi connectivity index (χ2v) is 3.12. The first kappa shape index (κ1) is 13.4. The van der Waals surface area contributed by atoms with Crippen LogP contribution in [0.15, 0.2) is 12.1 Å². The first-order valence-electron chi connectivity index (χ1n) is 4.88. The monoisotopic (exact) mass is 252 g/mol. The van der Waals surface area contributed by atoms with Gasteiger partial charge in [0.2, 0.25) is 0 Å². The van der Waals surface area contributed by atoms with Gasteiger partial charge in [0.1, 0.15) is 5.69 Å². The zero-order valence-electron chi connectivity index (χ0n) is 9.40. The van der Waals surface area contributed by atoms with E-state index in [0.717, 1.165) is 12.1 Å². The Bertz CT molecular complexity index is 560. The van der Waals surface area contributed by atoms with Crippen LogP contribution >= 0.6 is 0 Å². The lowest BCUT2D eigenvalue weighted by atomic mass is 10.1. The van der Waals surface area contributed by atoms with E-state index in [0.29, 0.717) is 0 Å². The van der Waals surface area contributed by atoms with Crippen LogP contribution in [0.4, 0.5) is 15.8 Å².